The highest BCUT2D eigenvalue weighted by molar-refractivity contribution is 4.94. The monoisotopic (exact) mass is 197 g/mol. The van der Waals surface area contributed by atoms with E-state index in [0.717, 1.165) is 12.0 Å². The van der Waals surface area contributed by atoms with Crippen LogP contribution in [0.5, 0.6) is 0 Å². The van der Waals surface area contributed by atoms with Gasteiger partial charge in [-0.1, -0.05) is 41.5 Å². The van der Waals surface area contributed by atoms with Crippen molar-refractivity contribution in [1.82, 2.24) is 4.90 Å². The predicted octanol–water partition coefficient (Wildman–Crippen LogP) is 3.40. The SMILES string of the molecule is CN1CC(C(C)(C)C)CC1C(C)(C)C. The predicted molar refractivity (Wildman–Crippen MR) is 63.4 cm³/mol. The zero-order chi connectivity index (χ0) is 11.1. The van der Waals surface area contributed by atoms with Crippen LogP contribution in [-0.4, -0.2) is 24.5 Å². The smallest absolute Gasteiger partial charge is 0.0144 e. The number of rotatable bonds is 0. The third kappa shape index (κ3) is 2.50. The van der Waals surface area contributed by atoms with E-state index in [1.807, 2.05) is 0 Å². The molecule has 0 bridgehead atoms. The summed E-state index contributed by atoms with van der Waals surface area (Å²) in [5, 5.41) is 0. The van der Waals surface area contributed by atoms with Crippen molar-refractivity contribution in [2.24, 2.45) is 16.7 Å². The van der Waals surface area contributed by atoms with Gasteiger partial charge in [-0.2, -0.15) is 0 Å². The van der Waals surface area contributed by atoms with Crippen LogP contribution in [0.15, 0.2) is 0 Å². The Hall–Kier alpha value is -0.0400. The molecule has 1 aliphatic heterocycles. The topological polar surface area (TPSA) is 3.24 Å². The van der Waals surface area contributed by atoms with Crippen LogP contribution in [0.4, 0.5) is 0 Å². The molecule has 1 heteroatoms. The summed E-state index contributed by atoms with van der Waals surface area (Å²) >= 11 is 0. The van der Waals surface area contributed by atoms with Crippen LogP contribution in [0, 0.1) is 16.7 Å². The number of nitrogens with zero attached hydrogens (tertiary/aromatic N) is 1. The van der Waals surface area contributed by atoms with Crippen molar-refractivity contribution >= 4 is 0 Å². The minimum Gasteiger partial charge on any atom is -0.303 e. The van der Waals surface area contributed by atoms with Crippen LogP contribution in [-0.2, 0) is 0 Å². The first-order valence-corrected chi connectivity index (χ1v) is 5.82. The molecule has 0 spiro atoms. The van der Waals surface area contributed by atoms with Crippen molar-refractivity contribution in [3.8, 4) is 0 Å². The molecule has 1 saturated heterocycles. The normalized spacial score (nSPS) is 31.1. The van der Waals surface area contributed by atoms with E-state index < -0.39 is 0 Å². The molecular formula is C13H27N. The minimum absolute atomic E-state index is 0.425. The fourth-order valence-corrected chi connectivity index (χ4v) is 2.64. The van der Waals surface area contributed by atoms with E-state index in [0.29, 0.717) is 10.8 Å². The molecule has 14 heavy (non-hydrogen) atoms. The molecule has 0 saturated carbocycles. The van der Waals surface area contributed by atoms with Crippen molar-refractivity contribution in [3.63, 3.8) is 0 Å². The summed E-state index contributed by atoms with van der Waals surface area (Å²) in [4.78, 5) is 2.55. The zero-order valence-corrected chi connectivity index (χ0v) is 11.0. The van der Waals surface area contributed by atoms with E-state index in [-0.39, 0.29) is 0 Å². The Bertz CT molecular complexity index is 194. The Morgan fingerprint density at radius 2 is 1.43 bits per heavy atom. The zero-order valence-electron chi connectivity index (χ0n) is 11.0. The van der Waals surface area contributed by atoms with Gasteiger partial charge in [-0.3, -0.25) is 0 Å². The summed E-state index contributed by atoms with van der Waals surface area (Å²) in [5.74, 6) is 0.858. The molecule has 2 atom stereocenters. The molecule has 1 aliphatic rings. The van der Waals surface area contributed by atoms with Gasteiger partial charge in [-0.15, -0.1) is 0 Å². The van der Waals surface area contributed by atoms with E-state index >= 15 is 0 Å². The molecule has 0 amide bonds. The van der Waals surface area contributed by atoms with Gasteiger partial charge < -0.3 is 4.90 Å². The van der Waals surface area contributed by atoms with Crippen LogP contribution in [0.25, 0.3) is 0 Å². The lowest BCUT2D eigenvalue weighted by Crippen LogP contribution is -2.36. The second-order valence-electron chi connectivity index (χ2n) is 7.12. The first-order chi connectivity index (χ1) is 6.12. The summed E-state index contributed by atoms with van der Waals surface area (Å²) < 4.78 is 0. The summed E-state index contributed by atoms with van der Waals surface area (Å²) in [5.41, 5.74) is 0.892. The number of likely N-dealkylation sites (tertiary alicyclic amines) is 1. The third-order valence-electron chi connectivity index (χ3n) is 3.77. The lowest BCUT2D eigenvalue weighted by atomic mass is 9.76. The Kier molecular flexibility index (Phi) is 3.02. The average molecular weight is 197 g/mol. The van der Waals surface area contributed by atoms with Gasteiger partial charge in [0.15, 0.2) is 0 Å². The molecule has 0 N–H and O–H groups in total. The Morgan fingerprint density at radius 3 is 1.64 bits per heavy atom. The molecule has 84 valence electrons. The molecule has 1 nitrogen and oxygen atoms in total. The van der Waals surface area contributed by atoms with E-state index in [2.05, 4.69) is 53.5 Å². The second kappa shape index (κ2) is 3.52. The van der Waals surface area contributed by atoms with Gasteiger partial charge >= 0.3 is 0 Å². The van der Waals surface area contributed by atoms with Crippen molar-refractivity contribution in [2.75, 3.05) is 13.6 Å². The fraction of sp³-hybridized carbons (Fsp3) is 1.00. The molecule has 0 aliphatic carbocycles. The first kappa shape index (κ1) is 12.0. The first-order valence-electron chi connectivity index (χ1n) is 5.82. The molecule has 0 radical (unpaired) electrons. The Morgan fingerprint density at radius 1 is 0.929 bits per heavy atom. The summed E-state index contributed by atoms with van der Waals surface area (Å²) in [6.45, 7) is 15.5. The highest BCUT2D eigenvalue weighted by Gasteiger charge is 2.41. The quantitative estimate of drug-likeness (QED) is 0.575. The lowest BCUT2D eigenvalue weighted by Gasteiger charge is -2.32. The maximum atomic E-state index is 2.55. The second-order valence-corrected chi connectivity index (χ2v) is 7.12. The van der Waals surface area contributed by atoms with Crippen LogP contribution >= 0.6 is 0 Å². The van der Waals surface area contributed by atoms with Crippen molar-refractivity contribution in [2.45, 2.75) is 54.0 Å². The molecule has 0 aromatic carbocycles. The van der Waals surface area contributed by atoms with E-state index in [1.54, 1.807) is 0 Å². The van der Waals surface area contributed by atoms with Crippen molar-refractivity contribution in [3.05, 3.63) is 0 Å². The van der Waals surface area contributed by atoms with Gasteiger partial charge in [0.05, 0.1) is 0 Å². The molecule has 1 heterocycles. The van der Waals surface area contributed by atoms with E-state index in [4.69, 9.17) is 0 Å². The lowest BCUT2D eigenvalue weighted by molar-refractivity contribution is 0.169. The third-order valence-corrected chi connectivity index (χ3v) is 3.77. The molecular weight excluding hydrogens is 170 g/mol. The molecule has 2 unspecified atom stereocenters. The Labute approximate surface area is 89.9 Å². The van der Waals surface area contributed by atoms with Gasteiger partial charge in [0.25, 0.3) is 0 Å². The van der Waals surface area contributed by atoms with Crippen molar-refractivity contribution < 1.29 is 0 Å². The maximum absolute atomic E-state index is 2.55. The van der Waals surface area contributed by atoms with Gasteiger partial charge in [0.1, 0.15) is 0 Å². The number of hydrogen-bond acceptors (Lipinski definition) is 1. The molecule has 0 aromatic rings. The molecule has 1 fully saturated rings. The highest BCUT2D eigenvalue weighted by atomic mass is 15.2. The van der Waals surface area contributed by atoms with Crippen LogP contribution in [0.1, 0.15) is 48.0 Å². The molecule has 1 rings (SSSR count). The van der Waals surface area contributed by atoms with E-state index in [1.165, 1.54) is 13.0 Å². The van der Waals surface area contributed by atoms with Gasteiger partial charge in [-0.05, 0) is 30.2 Å². The Balaban J connectivity index is 2.70. The largest absolute Gasteiger partial charge is 0.303 e. The summed E-state index contributed by atoms with van der Waals surface area (Å²) in [6, 6.07) is 0.756. The van der Waals surface area contributed by atoms with Crippen LogP contribution in [0.2, 0.25) is 0 Å². The summed E-state index contributed by atoms with van der Waals surface area (Å²) in [7, 11) is 2.28. The van der Waals surface area contributed by atoms with Gasteiger partial charge in [-0.25, -0.2) is 0 Å². The fourth-order valence-electron chi connectivity index (χ4n) is 2.64. The van der Waals surface area contributed by atoms with Crippen LogP contribution in [0.3, 0.4) is 0 Å². The molecule has 0 aromatic heterocycles. The minimum atomic E-state index is 0.425. The van der Waals surface area contributed by atoms with E-state index in [9.17, 15) is 0 Å². The van der Waals surface area contributed by atoms with Crippen molar-refractivity contribution in [1.29, 1.82) is 0 Å². The number of hydrogen-bond donors (Lipinski definition) is 0. The highest BCUT2D eigenvalue weighted by Crippen LogP contribution is 2.41. The average Bonchev–Trinajstić information content (AvgIpc) is 2.27. The van der Waals surface area contributed by atoms with Gasteiger partial charge in [0, 0.05) is 12.6 Å². The van der Waals surface area contributed by atoms with Crippen LogP contribution < -0.4 is 0 Å². The maximum Gasteiger partial charge on any atom is 0.0144 e. The standard InChI is InChI=1S/C13H27N/c1-12(2,3)10-8-11(13(4,5)6)14(7)9-10/h10-11H,8-9H2,1-7H3. The summed E-state index contributed by atoms with van der Waals surface area (Å²) in [6.07, 6.45) is 1.36. The van der Waals surface area contributed by atoms with Gasteiger partial charge in [0.2, 0.25) is 0 Å².